The SMILES string of the molecule is O=C(NC1CC(C(=O)O)(c2cccc(F)c2F)C1)C(F)(F)F. The van der Waals surface area contributed by atoms with Gasteiger partial charge in [-0.05, 0) is 18.9 Å². The van der Waals surface area contributed by atoms with Gasteiger partial charge in [0.1, 0.15) is 0 Å². The van der Waals surface area contributed by atoms with Crippen LogP contribution < -0.4 is 5.32 Å². The number of nitrogens with one attached hydrogen (secondary N) is 1. The number of amides is 1. The highest BCUT2D eigenvalue weighted by Crippen LogP contribution is 2.45. The zero-order chi connectivity index (χ0) is 16.7. The van der Waals surface area contributed by atoms with Crippen molar-refractivity contribution in [2.75, 3.05) is 0 Å². The zero-order valence-electron chi connectivity index (χ0n) is 10.9. The number of hydrogen-bond donors (Lipinski definition) is 2. The largest absolute Gasteiger partial charge is 0.481 e. The van der Waals surface area contributed by atoms with Crippen molar-refractivity contribution in [2.45, 2.75) is 30.5 Å². The average Bonchev–Trinajstić information content (AvgIpc) is 2.35. The van der Waals surface area contributed by atoms with E-state index in [2.05, 4.69) is 0 Å². The van der Waals surface area contributed by atoms with Crippen LogP contribution in [0.3, 0.4) is 0 Å². The molecule has 9 heteroatoms. The quantitative estimate of drug-likeness (QED) is 0.838. The lowest BCUT2D eigenvalue weighted by Gasteiger charge is -2.45. The van der Waals surface area contributed by atoms with Crippen LogP contribution in [0.2, 0.25) is 0 Å². The smallest absolute Gasteiger partial charge is 0.471 e. The van der Waals surface area contributed by atoms with Gasteiger partial charge in [-0.25, -0.2) is 8.78 Å². The van der Waals surface area contributed by atoms with Gasteiger partial charge in [0.05, 0.1) is 5.41 Å². The summed E-state index contributed by atoms with van der Waals surface area (Å²) in [6.45, 7) is 0. The maximum atomic E-state index is 13.8. The van der Waals surface area contributed by atoms with E-state index in [9.17, 15) is 36.6 Å². The molecular formula is C13H10F5NO3. The highest BCUT2D eigenvalue weighted by molar-refractivity contribution is 5.85. The Hall–Kier alpha value is -2.19. The minimum atomic E-state index is -5.09. The van der Waals surface area contributed by atoms with Crippen molar-refractivity contribution < 1.29 is 36.6 Å². The Bertz CT molecular complexity index is 623. The molecule has 4 nitrogen and oxygen atoms in total. The third-order valence-corrected chi connectivity index (χ3v) is 3.66. The molecule has 1 aliphatic rings. The highest BCUT2D eigenvalue weighted by Gasteiger charge is 2.55. The number of carboxylic acids is 1. The number of aliphatic carboxylic acids is 1. The summed E-state index contributed by atoms with van der Waals surface area (Å²) in [5.74, 6) is -6.29. The molecule has 1 fully saturated rings. The van der Waals surface area contributed by atoms with Gasteiger partial charge >= 0.3 is 18.1 Å². The second-order valence-electron chi connectivity index (χ2n) is 5.07. The van der Waals surface area contributed by atoms with Gasteiger partial charge in [-0.3, -0.25) is 9.59 Å². The van der Waals surface area contributed by atoms with Gasteiger partial charge in [0.15, 0.2) is 11.6 Å². The number of alkyl halides is 3. The van der Waals surface area contributed by atoms with Crippen LogP contribution in [0.1, 0.15) is 18.4 Å². The Labute approximate surface area is 120 Å². The topological polar surface area (TPSA) is 66.4 Å². The minimum absolute atomic E-state index is 0.447. The van der Waals surface area contributed by atoms with E-state index in [1.54, 1.807) is 5.32 Å². The molecule has 0 aromatic heterocycles. The summed E-state index contributed by atoms with van der Waals surface area (Å²) in [7, 11) is 0. The van der Waals surface area contributed by atoms with Crippen molar-refractivity contribution in [1.82, 2.24) is 5.32 Å². The van der Waals surface area contributed by atoms with E-state index in [-0.39, 0.29) is 0 Å². The molecule has 1 saturated carbocycles. The van der Waals surface area contributed by atoms with Gasteiger partial charge in [-0.2, -0.15) is 13.2 Å². The summed E-state index contributed by atoms with van der Waals surface area (Å²) in [6, 6.07) is 1.90. The molecule has 2 rings (SSSR count). The molecule has 0 heterocycles. The fraction of sp³-hybridized carbons (Fsp3) is 0.385. The fourth-order valence-corrected chi connectivity index (χ4v) is 2.53. The number of carbonyl (C=O) groups excluding carboxylic acids is 1. The molecule has 22 heavy (non-hydrogen) atoms. The normalized spacial score (nSPS) is 24.5. The number of carbonyl (C=O) groups is 2. The van der Waals surface area contributed by atoms with Crippen LogP contribution in [-0.4, -0.2) is 29.2 Å². The van der Waals surface area contributed by atoms with E-state index < -0.39 is 59.5 Å². The average molecular weight is 323 g/mol. The number of hydrogen-bond acceptors (Lipinski definition) is 2. The van der Waals surface area contributed by atoms with Crippen LogP contribution in [0.25, 0.3) is 0 Å². The highest BCUT2D eigenvalue weighted by atomic mass is 19.4. The van der Waals surface area contributed by atoms with E-state index in [0.717, 1.165) is 18.2 Å². The van der Waals surface area contributed by atoms with Crippen molar-refractivity contribution in [1.29, 1.82) is 0 Å². The van der Waals surface area contributed by atoms with Gasteiger partial charge in [-0.1, -0.05) is 12.1 Å². The van der Waals surface area contributed by atoms with Crippen molar-refractivity contribution in [2.24, 2.45) is 0 Å². The third kappa shape index (κ3) is 2.62. The standard InChI is InChI=1S/C13H10F5NO3/c14-8-3-1-2-7(9(8)15)12(11(21)22)4-6(5-12)19-10(20)13(16,17)18/h1-3,6H,4-5H2,(H,19,20)(H,21,22). The molecule has 0 saturated heterocycles. The summed E-state index contributed by atoms with van der Waals surface area (Å²) in [5, 5.41) is 10.9. The first-order chi connectivity index (χ1) is 10.1. The first kappa shape index (κ1) is 16.2. The van der Waals surface area contributed by atoms with Crippen molar-refractivity contribution in [3.63, 3.8) is 0 Å². The van der Waals surface area contributed by atoms with Crippen LogP contribution in [0.15, 0.2) is 18.2 Å². The van der Waals surface area contributed by atoms with Crippen LogP contribution in [0, 0.1) is 11.6 Å². The van der Waals surface area contributed by atoms with Crippen LogP contribution in [0.5, 0.6) is 0 Å². The molecule has 0 atom stereocenters. The Balaban J connectivity index is 2.21. The number of benzene rings is 1. The maximum Gasteiger partial charge on any atom is 0.471 e. The summed E-state index contributed by atoms with van der Waals surface area (Å²) in [5.41, 5.74) is -2.30. The molecular weight excluding hydrogens is 313 g/mol. The molecule has 0 aliphatic heterocycles. The van der Waals surface area contributed by atoms with Crippen molar-refractivity contribution in [3.8, 4) is 0 Å². The van der Waals surface area contributed by atoms with Gasteiger partial charge in [0.25, 0.3) is 0 Å². The number of carboxylic acid groups (broad SMARTS) is 1. The molecule has 1 aliphatic carbocycles. The third-order valence-electron chi connectivity index (χ3n) is 3.66. The lowest BCUT2D eigenvalue weighted by Crippen LogP contribution is -2.59. The second kappa shape index (κ2) is 5.22. The summed E-state index contributed by atoms with van der Waals surface area (Å²) in [4.78, 5) is 22.2. The lowest BCUT2D eigenvalue weighted by molar-refractivity contribution is -0.176. The minimum Gasteiger partial charge on any atom is -0.481 e. The van der Waals surface area contributed by atoms with Gasteiger partial charge < -0.3 is 10.4 Å². The van der Waals surface area contributed by atoms with Crippen molar-refractivity contribution in [3.05, 3.63) is 35.4 Å². The van der Waals surface area contributed by atoms with E-state index >= 15 is 0 Å². The number of rotatable bonds is 3. The maximum absolute atomic E-state index is 13.8. The van der Waals surface area contributed by atoms with Gasteiger partial charge in [-0.15, -0.1) is 0 Å². The predicted octanol–water partition coefficient (Wildman–Crippen LogP) is 2.13. The Morgan fingerprint density at radius 1 is 1.23 bits per heavy atom. The Kier molecular flexibility index (Phi) is 3.84. The van der Waals surface area contributed by atoms with E-state index in [0.29, 0.717) is 0 Å². The predicted molar refractivity (Wildman–Crippen MR) is 62.9 cm³/mol. The van der Waals surface area contributed by atoms with Crippen LogP contribution in [-0.2, 0) is 15.0 Å². The van der Waals surface area contributed by atoms with E-state index in [1.807, 2.05) is 0 Å². The molecule has 2 N–H and O–H groups in total. The Morgan fingerprint density at radius 2 is 1.82 bits per heavy atom. The fourth-order valence-electron chi connectivity index (χ4n) is 2.53. The first-order valence-electron chi connectivity index (χ1n) is 6.13. The monoisotopic (exact) mass is 323 g/mol. The lowest BCUT2D eigenvalue weighted by atomic mass is 9.61. The molecule has 0 unspecified atom stereocenters. The van der Waals surface area contributed by atoms with Gasteiger partial charge in [0.2, 0.25) is 0 Å². The Morgan fingerprint density at radius 3 is 2.32 bits per heavy atom. The first-order valence-corrected chi connectivity index (χ1v) is 6.13. The van der Waals surface area contributed by atoms with E-state index in [4.69, 9.17) is 0 Å². The molecule has 0 radical (unpaired) electrons. The van der Waals surface area contributed by atoms with E-state index in [1.165, 1.54) is 0 Å². The van der Waals surface area contributed by atoms with Crippen LogP contribution >= 0.6 is 0 Å². The number of halogens is 5. The molecule has 0 bridgehead atoms. The zero-order valence-corrected chi connectivity index (χ0v) is 10.9. The summed E-state index contributed by atoms with van der Waals surface area (Å²) >= 11 is 0. The summed E-state index contributed by atoms with van der Waals surface area (Å²) in [6.07, 6.45) is -6.00. The van der Waals surface area contributed by atoms with Gasteiger partial charge in [0, 0.05) is 11.6 Å². The van der Waals surface area contributed by atoms with Crippen LogP contribution in [0.4, 0.5) is 22.0 Å². The summed E-state index contributed by atoms with van der Waals surface area (Å²) < 4.78 is 63.3. The molecule has 0 spiro atoms. The molecule has 1 amide bonds. The van der Waals surface area contributed by atoms with Crippen molar-refractivity contribution >= 4 is 11.9 Å². The molecule has 1 aromatic rings. The molecule has 1 aromatic carbocycles. The second-order valence-corrected chi connectivity index (χ2v) is 5.07. The molecule has 120 valence electrons.